The first-order valence-electron chi connectivity index (χ1n) is 12.7. The summed E-state index contributed by atoms with van der Waals surface area (Å²) in [6.07, 6.45) is 1.78. The Morgan fingerprint density at radius 1 is 0.974 bits per heavy atom. The first-order chi connectivity index (χ1) is 19.0. The average Bonchev–Trinajstić information content (AvgIpc) is 3.39. The largest absolute Gasteiger partial charge is 0.497 e. The van der Waals surface area contributed by atoms with E-state index in [1.807, 2.05) is 30.3 Å². The number of nitrogens with zero attached hydrogens (tertiary/aromatic N) is 2. The van der Waals surface area contributed by atoms with Crippen LogP contribution in [0.25, 0.3) is 22.2 Å². The van der Waals surface area contributed by atoms with Gasteiger partial charge < -0.3 is 13.9 Å². The van der Waals surface area contributed by atoms with Crippen molar-refractivity contribution in [3.05, 3.63) is 94.4 Å². The van der Waals surface area contributed by atoms with Crippen molar-refractivity contribution in [1.29, 1.82) is 0 Å². The van der Waals surface area contributed by atoms with E-state index in [2.05, 4.69) is 48.4 Å². The molecule has 0 saturated heterocycles. The van der Waals surface area contributed by atoms with Gasteiger partial charge in [0.15, 0.2) is 16.5 Å². The average molecular weight is 540 g/mol. The van der Waals surface area contributed by atoms with E-state index in [0.717, 1.165) is 29.0 Å². The molecule has 0 spiro atoms. The van der Waals surface area contributed by atoms with Crippen LogP contribution in [0.1, 0.15) is 34.6 Å². The van der Waals surface area contributed by atoms with Crippen LogP contribution in [0.15, 0.2) is 82.2 Å². The Morgan fingerprint density at radius 2 is 1.77 bits per heavy atom. The Kier molecular flexibility index (Phi) is 7.74. The smallest absolute Gasteiger partial charge is 0.262 e. The molecule has 0 atom stereocenters. The van der Waals surface area contributed by atoms with E-state index in [-0.39, 0.29) is 17.0 Å². The second-order valence-corrected chi connectivity index (χ2v) is 9.89. The zero-order valence-corrected chi connectivity index (χ0v) is 23.1. The van der Waals surface area contributed by atoms with Gasteiger partial charge in [0.1, 0.15) is 11.3 Å². The number of benzene rings is 3. The number of rotatable bonds is 8. The maximum Gasteiger partial charge on any atom is 0.262 e. The highest BCUT2D eigenvalue weighted by atomic mass is 32.1. The number of aryl methyl sites for hydroxylation is 2. The molecule has 0 unspecified atom stereocenters. The number of anilines is 1. The molecule has 5 aromatic rings. The molecule has 2 aromatic heterocycles. The van der Waals surface area contributed by atoms with Crippen LogP contribution >= 0.6 is 11.3 Å². The molecule has 0 bridgehead atoms. The number of carbonyl (C=O) groups excluding carboxylic acids is 1. The second kappa shape index (κ2) is 11.5. The molecule has 3 aromatic carbocycles. The molecule has 1 N–H and O–H groups in total. The Hall–Kier alpha value is -4.43. The quantitative estimate of drug-likeness (QED) is 0.226. The van der Waals surface area contributed by atoms with E-state index in [1.54, 1.807) is 32.4 Å². The third-order valence-electron chi connectivity index (χ3n) is 6.36. The normalized spacial score (nSPS) is 11.5. The minimum absolute atomic E-state index is 0.153. The highest BCUT2D eigenvalue weighted by Gasteiger charge is 2.18. The van der Waals surface area contributed by atoms with Crippen molar-refractivity contribution in [1.82, 2.24) is 4.98 Å². The van der Waals surface area contributed by atoms with Gasteiger partial charge in [-0.2, -0.15) is 0 Å². The maximum atomic E-state index is 13.7. The fourth-order valence-electron chi connectivity index (χ4n) is 4.26. The number of amides is 1. The Balaban J connectivity index is 1.57. The van der Waals surface area contributed by atoms with Crippen molar-refractivity contribution in [3.8, 4) is 22.8 Å². The summed E-state index contributed by atoms with van der Waals surface area (Å²) < 4.78 is 17.0. The Bertz CT molecular complexity index is 1700. The maximum absolute atomic E-state index is 13.7. The van der Waals surface area contributed by atoms with Gasteiger partial charge in [0.05, 0.1) is 25.6 Å². The molecule has 7 nitrogen and oxygen atoms in total. The van der Waals surface area contributed by atoms with Crippen LogP contribution in [0.2, 0.25) is 0 Å². The van der Waals surface area contributed by atoms with E-state index in [0.29, 0.717) is 33.3 Å². The lowest BCUT2D eigenvalue weighted by Gasteiger charge is -2.08. The van der Waals surface area contributed by atoms with Gasteiger partial charge in [-0.1, -0.05) is 56.3 Å². The number of nitrogens with one attached hydrogen (secondary N) is 1. The van der Waals surface area contributed by atoms with Gasteiger partial charge in [0, 0.05) is 21.9 Å². The number of hydrogen-bond acceptors (Lipinski definition) is 7. The number of thiazole rings is 1. The SMILES string of the molecule is CCc1ccc(-c2nc(NC(=O)c3cc4cccc(OC)c4oc3=Nc3cccc(OC)c3)sc2CC)cc1. The highest BCUT2D eigenvalue weighted by molar-refractivity contribution is 7.16. The summed E-state index contributed by atoms with van der Waals surface area (Å²) >= 11 is 1.47. The van der Waals surface area contributed by atoms with E-state index in [9.17, 15) is 4.79 Å². The van der Waals surface area contributed by atoms with Gasteiger partial charge in [-0.25, -0.2) is 9.98 Å². The van der Waals surface area contributed by atoms with Crippen molar-refractivity contribution >= 4 is 39.0 Å². The number of hydrogen-bond donors (Lipinski definition) is 1. The fraction of sp³-hybridized carbons (Fsp3) is 0.194. The first-order valence-corrected chi connectivity index (χ1v) is 13.5. The third-order valence-corrected chi connectivity index (χ3v) is 7.48. The van der Waals surface area contributed by atoms with Crippen LogP contribution in [-0.4, -0.2) is 25.1 Å². The van der Waals surface area contributed by atoms with E-state index < -0.39 is 0 Å². The molecule has 0 aliphatic carbocycles. The van der Waals surface area contributed by atoms with E-state index in [4.69, 9.17) is 18.9 Å². The van der Waals surface area contributed by atoms with Crippen LogP contribution in [0, 0.1) is 0 Å². The van der Waals surface area contributed by atoms with E-state index >= 15 is 0 Å². The molecule has 0 saturated carbocycles. The molecule has 0 radical (unpaired) electrons. The standard InChI is InChI=1S/C31H29N3O4S/c1-5-19-13-15-20(16-14-19)27-26(6-2)39-31(33-27)34-29(35)24-17-21-9-7-12-25(37-4)28(21)38-30(24)32-22-10-8-11-23(18-22)36-3/h7-18H,5-6H2,1-4H3,(H,33,34,35). The van der Waals surface area contributed by atoms with Crippen molar-refractivity contribution in [3.63, 3.8) is 0 Å². The van der Waals surface area contributed by atoms with Crippen LogP contribution in [0.4, 0.5) is 10.8 Å². The Morgan fingerprint density at radius 3 is 2.49 bits per heavy atom. The minimum atomic E-state index is -0.366. The lowest BCUT2D eigenvalue weighted by molar-refractivity contribution is 0.102. The van der Waals surface area contributed by atoms with Gasteiger partial charge in [-0.3, -0.25) is 10.1 Å². The first kappa shape index (κ1) is 26.2. The zero-order valence-electron chi connectivity index (χ0n) is 22.3. The summed E-state index contributed by atoms with van der Waals surface area (Å²) in [5, 5.41) is 4.22. The minimum Gasteiger partial charge on any atom is -0.497 e. The molecular weight excluding hydrogens is 510 g/mol. The molecule has 39 heavy (non-hydrogen) atoms. The van der Waals surface area contributed by atoms with Gasteiger partial charge in [0.2, 0.25) is 5.55 Å². The zero-order chi connectivity index (χ0) is 27.4. The summed E-state index contributed by atoms with van der Waals surface area (Å²) in [4.78, 5) is 24.2. The van der Waals surface area contributed by atoms with Crippen molar-refractivity contribution in [2.24, 2.45) is 4.99 Å². The van der Waals surface area contributed by atoms with Gasteiger partial charge >= 0.3 is 0 Å². The summed E-state index contributed by atoms with van der Waals surface area (Å²) in [6.45, 7) is 4.22. The van der Waals surface area contributed by atoms with E-state index in [1.165, 1.54) is 16.9 Å². The van der Waals surface area contributed by atoms with Gasteiger partial charge in [-0.05, 0) is 42.7 Å². The topological polar surface area (TPSA) is 86.0 Å². The van der Waals surface area contributed by atoms with Gasteiger partial charge in [0.25, 0.3) is 5.91 Å². The number of aromatic nitrogens is 1. The second-order valence-electron chi connectivity index (χ2n) is 8.81. The molecule has 8 heteroatoms. The summed E-state index contributed by atoms with van der Waals surface area (Å²) in [6, 6.07) is 22.9. The molecule has 0 fully saturated rings. The molecule has 2 heterocycles. The van der Waals surface area contributed by atoms with Crippen LogP contribution < -0.4 is 20.3 Å². The van der Waals surface area contributed by atoms with Crippen molar-refractivity contribution < 1.29 is 18.7 Å². The van der Waals surface area contributed by atoms with Crippen LogP contribution in [-0.2, 0) is 12.8 Å². The monoisotopic (exact) mass is 539 g/mol. The van der Waals surface area contributed by atoms with Gasteiger partial charge in [-0.15, -0.1) is 11.3 Å². The lowest BCUT2D eigenvalue weighted by Crippen LogP contribution is -2.21. The number of ether oxygens (including phenoxy) is 2. The number of para-hydroxylation sites is 1. The Labute approximate surface area is 230 Å². The number of carbonyl (C=O) groups is 1. The number of methoxy groups -OCH3 is 2. The molecule has 198 valence electrons. The highest BCUT2D eigenvalue weighted by Crippen LogP contribution is 2.32. The fourth-order valence-corrected chi connectivity index (χ4v) is 5.18. The molecule has 5 rings (SSSR count). The summed E-state index contributed by atoms with van der Waals surface area (Å²) in [5.41, 5.74) is 4.70. The summed E-state index contributed by atoms with van der Waals surface area (Å²) in [5.74, 6) is 0.831. The summed E-state index contributed by atoms with van der Waals surface area (Å²) in [7, 11) is 3.17. The van der Waals surface area contributed by atoms with Crippen LogP contribution in [0.5, 0.6) is 11.5 Å². The third kappa shape index (κ3) is 5.56. The number of fused-ring (bicyclic) bond motifs is 1. The van der Waals surface area contributed by atoms with Crippen molar-refractivity contribution in [2.75, 3.05) is 19.5 Å². The predicted octanol–water partition coefficient (Wildman–Crippen LogP) is 7.18. The molecule has 1 amide bonds. The molecule has 0 aliphatic heterocycles. The van der Waals surface area contributed by atoms with Crippen LogP contribution in [0.3, 0.4) is 0 Å². The molecular formula is C31H29N3O4S. The molecule has 0 aliphatic rings. The van der Waals surface area contributed by atoms with Crippen molar-refractivity contribution in [2.45, 2.75) is 26.7 Å². The predicted molar refractivity (Wildman–Crippen MR) is 155 cm³/mol. The lowest BCUT2D eigenvalue weighted by atomic mass is 10.1.